The van der Waals surface area contributed by atoms with Crippen LogP contribution in [0, 0.1) is 12.8 Å². The van der Waals surface area contributed by atoms with Gasteiger partial charge in [-0.25, -0.2) is 19.3 Å². The Labute approximate surface area is 261 Å². The number of nitrogens with two attached hydrogens (primary N) is 4. The summed E-state index contributed by atoms with van der Waals surface area (Å²) < 4.78 is 5.52. The van der Waals surface area contributed by atoms with Crippen molar-refractivity contribution in [1.82, 2.24) is 49.1 Å². The van der Waals surface area contributed by atoms with Gasteiger partial charge in [0.05, 0.1) is 23.8 Å². The Kier molecular flexibility index (Phi) is 8.34. The summed E-state index contributed by atoms with van der Waals surface area (Å²) in [5.41, 5.74) is 25.6. The SMILES string of the molecule is CCC(C)Cc1nn(-c2cc(-n3nc(C)c(N=Nc4c(C(N)=O)cnn4C)c3N)ncn2)c(N)c1N=Nc1c(C(N)=O)cnn1C. The first-order chi connectivity index (χ1) is 21.9. The highest BCUT2D eigenvalue weighted by Gasteiger charge is 2.22. The zero-order valence-electron chi connectivity index (χ0n) is 25.7. The predicted octanol–water partition coefficient (Wildman–Crippen LogP) is 2.41. The van der Waals surface area contributed by atoms with E-state index in [1.165, 1.54) is 37.4 Å². The van der Waals surface area contributed by atoms with Gasteiger partial charge in [0.1, 0.15) is 17.5 Å². The fraction of sp³-hybridized carbons (Fsp3) is 0.308. The van der Waals surface area contributed by atoms with Crippen LogP contribution in [-0.4, -0.2) is 60.9 Å². The molecular weight excluding hydrogens is 596 g/mol. The van der Waals surface area contributed by atoms with Crippen LogP contribution >= 0.6 is 0 Å². The number of anilines is 2. The summed E-state index contributed by atoms with van der Waals surface area (Å²) >= 11 is 0. The van der Waals surface area contributed by atoms with E-state index in [1.54, 1.807) is 27.1 Å². The number of hydrogen-bond donors (Lipinski definition) is 4. The van der Waals surface area contributed by atoms with Crippen LogP contribution in [0.5, 0.6) is 0 Å². The smallest absolute Gasteiger partial charge is 0.254 e. The maximum absolute atomic E-state index is 11.9. The third kappa shape index (κ3) is 5.77. The lowest BCUT2D eigenvalue weighted by atomic mass is 10.0. The zero-order chi connectivity index (χ0) is 33.3. The molecule has 0 aliphatic carbocycles. The summed E-state index contributed by atoms with van der Waals surface area (Å²) in [6.45, 7) is 5.83. The molecule has 0 bridgehead atoms. The van der Waals surface area contributed by atoms with E-state index in [0.29, 0.717) is 29.3 Å². The third-order valence-corrected chi connectivity index (χ3v) is 7.17. The number of aryl methyl sites for hydroxylation is 3. The minimum atomic E-state index is -0.696. The monoisotopic (exact) mass is 628 g/mol. The first kappa shape index (κ1) is 31.1. The maximum Gasteiger partial charge on any atom is 0.254 e. The van der Waals surface area contributed by atoms with Crippen molar-refractivity contribution in [3.8, 4) is 11.6 Å². The number of azo groups is 2. The quantitative estimate of drug-likeness (QED) is 0.155. The van der Waals surface area contributed by atoms with Crippen LogP contribution in [0.3, 0.4) is 0 Å². The van der Waals surface area contributed by atoms with Gasteiger partial charge in [0, 0.05) is 20.2 Å². The van der Waals surface area contributed by atoms with Gasteiger partial charge in [-0.05, 0) is 19.3 Å². The van der Waals surface area contributed by atoms with Gasteiger partial charge in [-0.2, -0.15) is 29.8 Å². The molecule has 5 aromatic heterocycles. The van der Waals surface area contributed by atoms with Gasteiger partial charge in [-0.15, -0.1) is 20.5 Å². The second-order valence-corrected chi connectivity index (χ2v) is 10.4. The molecule has 2 amide bonds. The van der Waals surface area contributed by atoms with E-state index in [2.05, 4.69) is 59.6 Å². The molecule has 0 saturated carbocycles. The number of nitrogens with zero attached hydrogens (tertiary/aromatic N) is 14. The van der Waals surface area contributed by atoms with Gasteiger partial charge in [0.2, 0.25) is 0 Å². The molecule has 20 nitrogen and oxygen atoms in total. The summed E-state index contributed by atoms with van der Waals surface area (Å²) in [5.74, 6) is 0.0452. The van der Waals surface area contributed by atoms with Crippen LogP contribution in [-0.2, 0) is 20.5 Å². The van der Waals surface area contributed by atoms with E-state index in [4.69, 9.17) is 28.0 Å². The molecule has 0 fully saturated rings. The number of carbonyl (C=O) groups is 2. The van der Waals surface area contributed by atoms with Gasteiger partial charge in [0.25, 0.3) is 11.8 Å². The second-order valence-electron chi connectivity index (χ2n) is 10.4. The van der Waals surface area contributed by atoms with Crippen LogP contribution in [0.1, 0.15) is 52.4 Å². The second kappa shape index (κ2) is 12.3. The Hall–Kier alpha value is -6.34. The standard InChI is InChI=1S/C26H32N18O2/c1-6-12(2)7-16-20(36-38-26-15(24(30)46)10-34-42(26)5)22(28)44(40-16)18-8-17(31-11-32-18)43-21(27)19(13(3)39-43)35-37-25-14(23(29)45)9-33-41(25)4/h8-12H,6-7,27-28H2,1-5H3,(H2,29,45)(H2,30,46). The number of aromatic nitrogens is 10. The van der Waals surface area contributed by atoms with Crippen LogP contribution in [0.15, 0.2) is 45.2 Å². The Morgan fingerprint density at radius 3 is 1.85 bits per heavy atom. The van der Waals surface area contributed by atoms with Crippen molar-refractivity contribution in [3.63, 3.8) is 0 Å². The van der Waals surface area contributed by atoms with E-state index in [0.717, 1.165) is 6.42 Å². The number of nitrogen functional groups attached to an aromatic ring is 2. The van der Waals surface area contributed by atoms with Crippen molar-refractivity contribution in [1.29, 1.82) is 0 Å². The average molecular weight is 629 g/mol. The minimum absolute atomic E-state index is 0.104. The summed E-state index contributed by atoms with van der Waals surface area (Å²) in [6.07, 6.45) is 5.36. The molecule has 1 unspecified atom stereocenters. The Balaban J connectivity index is 1.53. The Morgan fingerprint density at radius 1 is 0.826 bits per heavy atom. The summed E-state index contributed by atoms with van der Waals surface area (Å²) in [7, 11) is 3.21. The molecule has 8 N–H and O–H groups in total. The van der Waals surface area contributed by atoms with E-state index in [-0.39, 0.29) is 51.8 Å². The summed E-state index contributed by atoms with van der Waals surface area (Å²) in [5, 5.41) is 34.2. The molecule has 0 aliphatic heterocycles. The molecule has 238 valence electrons. The van der Waals surface area contributed by atoms with Crippen LogP contribution in [0.4, 0.5) is 34.6 Å². The maximum atomic E-state index is 11.9. The van der Waals surface area contributed by atoms with Gasteiger partial charge in [-0.3, -0.25) is 9.59 Å². The van der Waals surface area contributed by atoms with Gasteiger partial charge in [-0.1, -0.05) is 20.3 Å². The summed E-state index contributed by atoms with van der Waals surface area (Å²) in [4.78, 5) is 32.3. The van der Waals surface area contributed by atoms with E-state index in [1.807, 2.05) is 0 Å². The lowest BCUT2D eigenvalue weighted by Gasteiger charge is -2.07. The normalized spacial score (nSPS) is 12.5. The first-order valence-corrected chi connectivity index (χ1v) is 13.9. The number of carbonyl (C=O) groups excluding carboxylic acids is 2. The Morgan fingerprint density at radius 2 is 1.33 bits per heavy atom. The highest BCUT2D eigenvalue weighted by atomic mass is 16.1. The Bertz CT molecular complexity index is 2010. The number of hydrogen-bond acceptors (Lipinski definition) is 14. The number of rotatable bonds is 11. The van der Waals surface area contributed by atoms with Gasteiger partial charge in [0.15, 0.2) is 46.3 Å². The lowest BCUT2D eigenvalue weighted by molar-refractivity contribution is 0.0992. The van der Waals surface area contributed by atoms with Crippen molar-refractivity contribution in [3.05, 3.63) is 47.3 Å². The van der Waals surface area contributed by atoms with Crippen molar-refractivity contribution in [2.24, 2.45) is 51.9 Å². The third-order valence-electron chi connectivity index (χ3n) is 7.17. The summed E-state index contributed by atoms with van der Waals surface area (Å²) in [6, 6.07) is 1.58. The topological polar surface area (TPSA) is 285 Å². The lowest BCUT2D eigenvalue weighted by Crippen LogP contribution is -2.10. The van der Waals surface area contributed by atoms with Gasteiger partial charge < -0.3 is 22.9 Å². The molecule has 0 spiro atoms. The van der Waals surface area contributed by atoms with Crippen molar-refractivity contribution in [2.45, 2.75) is 33.6 Å². The van der Waals surface area contributed by atoms with Crippen LogP contribution in [0.25, 0.3) is 11.6 Å². The molecule has 0 saturated heterocycles. The molecule has 0 aromatic carbocycles. The molecule has 5 aromatic rings. The zero-order valence-corrected chi connectivity index (χ0v) is 25.7. The van der Waals surface area contributed by atoms with Gasteiger partial charge >= 0.3 is 0 Å². The highest BCUT2D eigenvalue weighted by Crippen LogP contribution is 2.34. The fourth-order valence-corrected chi connectivity index (χ4v) is 4.41. The molecular formula is C26H32N18O2. The van der Waals surface area contributed by atoms with Crippen LogP contribution < -0.4 is 22.9 Å². The van der Waals surface area contributed by atoms with Crippen molar-refractivity contribution < 1.29 is 9.59 Å². The molecule has 5 rings (SSSR count). The van der Waals surface area contributed by atoms with Crippen molar-refractivity contribution in [2.75, 3.05) is 11.5 Å². The molecule has 46 heavy (non-hydrogen) atoms. The molecule has 0 aliphatic rings. The molecule has 5 heterocycles. The minimum Gasteiger partial charge on any atom is -0.382 e. The average Bonchev–Trinajstić information content (AvgIpc) is 3.75. The predicted molar refractivity (Wildman–Crippen MR) is 165 cm³/mol. The molecule has 0 radical (unpaired) electrons. The molecule has 1 atom stereocenters. The molecule has 20 heteroatoms. The fourth-order valence-electron chi connectivity index (χ4n) is 4.41. The largest absolute Gasteiger partial charge is 0.382 e. The van der Waals surface area contributed by atoms with E-state index >= 15 is 0 Å². The van der Waals surface area contributed by atoms with Crippen molar-refractivity contribution >= 4 is 46.5 Å². The number of amides is 2. The first-order valence-electron chi connectivity index (χ1n) is 13.9. The highest BCUT2D eigenvalue weighted by molar-refractivity contribution is 5.97. The van der Waals surface area contributed by atoms with Crippen LogP contribution in [0.2, 0.25) is 0 Å². The van der Waals surface area contributed by atoms with E-state index < -0.39 is 11.8 Å². The van der Waals surface area contributed by atoms with E-state index in [9.17, 15) is 9.59 Å². The number of primary amides is 2.